The molecule has 2 fully saturated rings. The Kier molecular flexibility index (Phi) is 1.59. The molecule has 3 unspecified atom stereocenters. The van der Waals surface area contributed by atoms with E-state index in [9.17, 15) is 0 Å². The minimum atomic E-state index is -0.217. The summed E-state index contributed by atoms with van der Waals surface area (Å²) in [5.74, 6) is 2.20. The van der Waals surface area contributed by atoms with E-state index in [2.05, 4.69) is 12.2 Å². The first-order valence-electron chi connectivity index (χ1n) is 5.21. The van der Waals surface area contributed by atoms with Crippen molar-refractivity contribution >= 4 is 0 Å². The van der Waals surface area contributed by atoms with Gasteiger partial charge in [-0.25, -0.2) is 0 Å². The average Bonchev–Trinajstić information content (AvgIpc) is 2.63. The summed E-state index contributed by atoms with van der Waals surface area (Å²) in [5, 5.41) is 0. The molecule has 1 saturated carbocycles. The normalized spacial score (nSPS) is 51.6. The van der Waals surface area contributed by atoms with Crippen LogP contribution in [-0.2, 0) is 9.47 Å². The number of epoxide rings is 1. The van der Waals surface area contributed by atoms with Gasteiger partial charge >= 0.3 is 0 Å². The van der Waals surface area contributed by atoms with Crippen LogP contribution in [0.15, 0.2) is 12.2 Å². The lowest BCUT2D eigenvalue weighted by molar-refractivity contribution is -0.0484. The van der Waals surface area contributed by atoms with E-state index < -0.39 is 0 Å². The molecule has 4 atom stereocenters. The van der Waals surface area contributed by atoms with E-state index in [0.29, 0.717) is 0 Å². The van der Waals surface area contributed by atoms with Crippen molar-refractivity contribution in [2.24, 2.45) is 17.8 Å². The molecule has 2 heteroatoms. The lowest BCUT2D eigenvalue weighted by atomic mass is 9.94. The van der Waals surface area contributed by atoms with Crippen molar-refractivity contribution < 1.29 is 9.47 Å². The summed E-state index contributed by atoms with van der Waals surface area (Å²) in [6.45, 7) is 3.70. The first kappa shape index (κ1) is 8.01. The van der Waals surface area contributed by atoms with Crippen LogP contribution in [0.2, 0.25) is 0 Å². The predicted octanol–water partition coefficient (Wildman–Crippen LogP) is 1.96. The summed E-state index contributed by atoms with van der Waals surface area (Å²) >= 11 is 0. The van der Waals surface area contributed by atoms with Gasteiger partial charge in [0.1, 0.15) is 6.61 Å². The molecular formula is C11H16O2. The average molecular weight is 180 g/mol. The van der Waals surface area contributed by atoms with E-state index in [0.717, 1.165) is 31.0 Å². The fraction of sp³-hybridized carbons (Fsp3) is 0.818. The maximum atomic E-state index is 5.72. The molecule has 0 spiro atoms. The van der Waals surface area contributed by atoms with Crippen LogP contribution in [0.1, 0.15) is 19.8 Å². The highest BCUT2D eigenvalue weighted by molar-refractivity contribution is 5.10. The summed E-state index contributed by atoms with van der Waals surface area (Å²) < 4.78 is 10.9. The Morgan fingerprint density at radius 2 is 2.31 bits per heavy atom. The van der Waals surface area contributed by atoms with Crippen molar-refractivity contribution in [3.8, 4) is 0 Å². The minimum Gasteiger partial charge on any atom is -0.348 e. The molecule has 0 aromatic carbocycles. The van der Waals surface area contributed by atoms with Gasteiger partial charge in [0.05, 0.1) is 6.61 Å². The van der Waals surface area contributed by atoms with E-state index in [1.807, 2.05) is 6.92 Å². The molecule has 72 valence electrons. The predicted molar refractivity (Wildman–Crippen MR) is 49.2 cm³/mol. The lowest BCUT2D eigenvalue weighted by Crippen LogP contribution is -2.20. The molecule has 1 heterocycles. The third-order valence-electron chi connectivity index (χ3n) is 3.57. The zero-order valence-electron chi connectivity index (χ0n) is 8.03. The van der Waals surface area contributed by atoms with Crippen molar-refractivity contribution in [2.75, 3.05) is 13.2 Å². The van der Waals surface area contributed by atoms with Crippen LogP contribution in [0, 0.1) is 17.8 Å². The van der Waals surface area contributed by atoms with Gasteiger partial charge in [-0.2, -0.15) is 0 Å². The molecule has 1 saturated heterocycles. The van der Waals surface area contributed by atoms with Crippen LogP contribution in [0.5, 0.6) is 0 Å². The molecule has 2 bridgehead atoms. The van der Waals surface area contributed by atoms with E-state index in [1.165, 1.54) is 12.8 Å². The third-order valence-corrected chi connectivity index (χ3v) is 3.57. The number of rotatable bonds is 3. The van der Waals surface area contributed by atoms with Gasteiger partial charge in [-0.05, 0) is 37.5 Å². The molecule has 1 aliphatic heterocycles. The Hall–Kier alpha value is -0.340. The molecule has 0 N–H and O–H groups in total. The Balaban J connectivity index is 1.54. The molecule has 0 amide bonds. The number of ether oxygens (including phenoxy) is 2. The lowest BCUT2D eigenvalue weighted by Gasteiger charge is -2.19. The summed E-state index contributed by atoms with van der Waals surface area (Å²) in [5.41, 5.74) is 0. The van der Waals surface area contributed by atoms with Gasteiger partial charge in [-0.15, -0.1) is 0 Å². The molecular weight excluding hydrogens is 164 g/mol. The second kappa shape index (κ2) is 2.58. The standard InChI is InChI=1S/C11H16O2/c1-11(7-13-11)12-6-10-5-8-2-3-9(10)4-8/h2-3,8-10H,4-7H2,1H3/t8-,9?,10?,11?/m0/s1. The molecule has 0 aromatic rings. The van der Waals surface area contributed by atoms with Crippen LogP contribution in [0.4, 0.5) is 0 Å². The largest absolute Gasteiger partial charge is 0.348 e. The monoisotopic (exact) mass is 180 g/mol. The van der Waals surface area contributed by atoms with Crippen molar-refractivity contribution in [2.45, 2.75) is 25.6 Å². The van der Waals surface area contributed by atoms with Gasteiger partial charge in [0.15, 0.2) is 5.79 Å². The topological polar surface area (TPSA) is 21.8 Å². The number of fused-ring (bicyclic) bond motifs is 2. The van der Waals surface area contributed by atoms with Crippen molar-refractivity contribution in [1.82, 2.24) is 0 Å². The van der Waals surface area contributed by atoms with Gasteiger partial charge in [0.25, 0.3) is 0 Å². The highest BCUT2D eigenvalue weighted by atomic mass is 16.8. The highest BCUT2D eigenvalue weighted by Gasteiger charge is 2.43. The van der Waals surface area contributed by atoms with Gasteiger partial charge in [0.2, 0.25) is 0 Å². The Bertz CT molecular complexity index is 242. The number of allylic oxidation sites excluding steroid dienone is 2. The van der Waals surface area contributed by atoms with E-state index in [4.69, 9.17) is 9.47 Å². The number of hydrogen-bond donors (Lipinski definition) is 0. The zero-order valence-corrected chi connectivity index (χ0v) is 8.03. The third kappa shape index (κ3) is 1.42. The summed E-state index contributed by atoms with van der Waals surface area (Å²) in [4.78, 5) is 0. The van der Waals surface area contributed by atoms with E-state index in [1.54, 1.807) is 0 Å². The molecule has 3 aliphatic rings. The van der Waals surface area contributed by atoms with Gasteiger partial charge < -0.3 is 9.47 Å². The fourth-order valence-corrected chi connectivity index (χ4v) is 2.55. The molecule has 2 aliphatic carbocycles. The van der Waals surface area contributed by atoms with Crippen molar-refractivity contribution in [1.29, 1.82) is 0 Å². The molecule has 3 rings (SSSR count). The summed E-state index contributed by atoms with van der Waals surface area (Å²) in [6, 6.07) is 0. The SMILES string of the molecule is CC1(OCC2C[C@H]3C=CC2C3)CO1. The van der Waals surface area contributed by atoms with Crippen LogP contribution in [0.3, 0.4) is 0 Å². The maximum Gasteiger partial charge on any atom is 0.189 e. The first-order valence-corrected chi connectivity index (χ1v) is 5.21. The fourth-order valence-electron chi connectivity index (χ4n) is 2.55. The zero-order chi connectivity index (χ0) is 8.89. The summed E-state index contributed by atoms with van der Waals surface area (Å²) in [7, 11) is 0. The Morgan fingerprint density at radius 3 is 2.85 bits per heavy atom. The Labute approximate surface area is 78.9 Å². The van der Waals surface area contributed by atoms with Gasteiger partial charge in [-0.1, -0.05) is 12.2 Å². The second-order valence-electron chi connectivity index (χ2n) is 4.77. The smallest absolute Gasteiger partial charge is 0.189 e. The molecule has 2 nitrogen and oxygen atoms in total. The Morgan fingerprint density at radius 1 is 1.46 bits per heavy atom. The molecule has 13 heavy (non-hydrogen) atoms. The van der Waals surface area contributed by atoms with Crippen LogP contribution in [0.25, 0.3) is 0 Å². The second-order valence-corrected chi connectivity index (χ2v) is 4.77. The molecule has 0 radical (unpaired) electrons. The van der Waals surface area contributed by atoms with E-state index in [-0.39, 0.29) is 5.79 Å². The quantitative estimate of drug-likeness (QED) is 0.489. The minimum absolute atomic E-state index is 0.217. The first-order chi connectivity index (χ1) is 6.25. The maximum absolute atomic E-state index is 5.72. The summed E-state index contributed by atoms with van der Waals surface area (Å²) in [6.07, 6.45) is 7.44. The van der Waals surface area contributed by atoms with Gasteiger partial charge in [0, 0.05) is 0 Å². The van der Waals surface area contributed by atoms with E-state index >= 15 is 0 Å². The van der Waals surface area contributed by atoms with Crippen LogP contribution >= 0.6 is 0 Å². The van der Waals surface area contributed by atoms with Crippen LogP contribution < -0.4 is 0 Å². The van der Waals surface area contributed by atoms with Crippen LogP contribution in [-0.4, -0.2) is 19.0 Å². The number of hydrogen-bond acceptors (Lipinski definition) is 2. The highest BCUT2D eigenvalue weighted by Crippen LogP contribution is 2.44. The van der Waals surface area contributed by atoms with Crippen molar-refractivity contribution in [3.05, 3.63) is 12.2 Å². The van der Waals surface area contributed by atoms with Gasteiger partial charge in [-0.3, -0.25) is 0 Å². The van der Waals surface area contributed by atoms with Crippen molar-refractivity contribution in [3.63, 3.8) is 0 Å². The molecule has 0 aromatic heterocycles.